The van der Waals surface area contributed by atoms with Gasteiger partial charge in [-0.2, -0.15) is 0 Å². The van der Waals surface area contributed by atoms with Gasteiger partial charge in [-0.3, -0.25) is 18.7 Å². The van der Waals surface area contributed by atoms with Crippen LogP contribution in [-0.2, 0) is 25.4 Å². The second kappa shape index (κ2) is 9.01. The first-order valence-electron chi connectivity index (χ1n) is 9.50. The van der Waals surface area contributed by atoms with Crippen molar-refractivity contribution in [2.75, 3.05) is 5.75 Å². The lowest BCUT2D eigenvalue weighted by atomic mass is 10.2. The minimum Gasteiger partial charge on any atom is -0.467 e. The number of hydrogen-bond acceptors (Lipinski definition) is 7. The molecule has 1 aromatic carbocycles. The van der Waals surface area contributed by atoms with Gasteiger partial charge in [-0.1, -0.05) is 35.5 Å². The maximum absolute atomic E-state index is 12.9. The van der Waals surface area contributed by atoms with Crippen molar-refractivity contribution < 1.29 is 9.21 Å². The average Bonchev–Trinajstić information content (AvgIpc) is 3.31. The van der Waals surface area contributed by atoms with Crippen LogP contribution in [0, 0.1) is 0 Å². The van der Waals surface area contributed by atoms with Gasteiger partial charge in [0.2, 0.25) is 5.91 Å². The number of aromatic nitrogens is 4. The molecule has 164 valence electrons. The van der Waals surface area contributed by atoms with Gasteiger partial charge < -0.3 is 9.73 Å². The highest BCUT2D eigenvalue weighted by atomic mass is 35.5. The van der Waals surface area contributed by atoms with Gasteiger partial charge in [0.05, 0.1) is 18.6 Å². The molecule has 0 unspecified atom stereocenters. The predicted molar refractivity (Wildman–Crippen MR) is 122 cm³/mol. The Hall–Kier alpha value is -3.37. The second-order valence-electron chi connectivity index (χ2n) is 6.91. The Balaban J connectivity index is 1.74. The Morgan fingerprint density at radius 2 is 1.97 bits per heavy atom. The zero-order valence-electron chi connectivity index (χ0n) is 17.2. The van der Waals surface area contributed by atoms with E-state index in [0.29, 0.717) is 27.2 Å². The minimum absolute atomic E-state index is 0.00774. The fourth-order valence-electron chi connectivity index (χ4n) is 3.07. The molecular formula is C21H18ClN5O4S. The largest absolute Gasteiger partial charge is 0.467 e. The van der Waals surface area contributed by atoms with Crippen molar-refractivity contribution in [3.8, 4) is 11.4 Å². The van der Waals surface area contributed by atoms with Crippen LogP contribution in [-0.4, -0.2) is 30.8 Å². The molecule has 0 aliphatic carbocycles. The highest BCUT2D eigenvalue weighted by Crippen LogP contribution is 2.27. The van der Waals surface area contributed by atoms with E-state index in [4.69, 9.17) is 16.0 Å². The molecule has 0 bridgehead atoms. The first-order chi connectivity index (χ1) is 15.3. The maximum atomic E-state index is 12.9. The van der Waals surface area contributed by atoms with Crippen molar-refractivity contribution in [2.45, 2.75) is 11.6 Å². The molecule has 11 heteroatoms. The molecule has 0 saturated carbocycles. The average molecular weight is 472 g/mol. The topological polar surface area (TPSA) is 112 Å². The number of aryl methyl sites for hydroxylation is 1. The Bertz CT molecular complexity index is 1430. The quantitative estimate of drug-likeness (QED) is 0.339. The standard InChI is InChI=1S/C21H18ClN5O4S/c1-26-18-16(20(29)27(2)21(26)30)19(25-17(24-18)12-5-3-6-13(22)9-12)32-11-15(28)23-10-14-7-4-8-31-14/h3-9H,10-11H2,1-2H3,(H,23,28). The summed E-state index contributed by atoms with van der Waals surface area (Å²) < 4.78 is 7.48. The zero-order chi connectivity index (χ0) is 22.8. The fourth-order valence-corrected chi connectivity index (χ4v) is 4.11. The molecule has 0 radical (unpaired) electrons. The summed E-state index contributed by atoms with van der Waals surface area (Å²) in [6, 6.07) is 10.4. The Morgan fingerprint density at radius 3 is 2.69 bits per heavy atom. The third kappa shape index (κ3) is 4.32. The first-order valence-corrected chi connectivity index (χ1v) is 10.9. The Labute approximate surface area is 191 Å². The van der Waals surface area contributed by atoms with Gasteiger partial charge in [-0.05, 0) is 24.3 Å². The van der Waals surface area contributed by atoms with Crippen LogP contribution in [0.1, 0.15) is 5.76 Å². The number of halogens is 1. The number of nitrogens with one attached hydrogen (secondary N) is 1. The van der Waals surface area contributed by atoms with Gasteiger partial charge in [0.15, 0.2) is 11.5 Å². The molecule has 0 spiro atoms. The van der Waals surface area contributed by atoms with Crippen molar-refractivity contribution >= 4 is 40.3 Å². The van der Waals surface area contributed by atoms with Crippen molar-refractivity contribution in [3.05, 3.63) is 74.3 Å². The number of furan rings is 1. The maximum Gasteiger partial charge on any atom is 0.332 e. The SMILES string of the molecule is Cn1c(=O)c2c(SCC(=O)NCc3ccco3)nc(-c3cccc(Cl)c3)nc2n(C)c1=O. The lowest BCUT2D eigenvalue weighted by molar-refractivity contribution is -0.118. The first kappa shape index (κ1) is 21.8. The minimum atomic E-state index is -0.528. The summed E-state index contributed by atoms with van der Waals surface area (Å²) in [5.41, 5.74) is -0.233. The van der Waals surface area contributed by atoms with Crippen LogP contribution < -0.4 is 16.6 Å². The van der Waals surface area contributed by atoms with E-state index in [1.807, 2.05) is 0 Å². The number of fused-ring (bicyclic) bond motifs is 1. The number of carbonyl (C=O) groups is 1. The van der Waals surface area contributed by atoms with Crippen LogP contribution in [0.3, 0.4) is 0 Å². The number of carbonyl (C=O) groups excluding carboxylic acids is 1. The van der Waals surface area contributed by atoms with Gasteiger partial charge >= 0.3 is 5.69 Å². The monoisotopic (exact) mass is 471 g/mol. The molecule has 1 amide bonds. The highest BCUT2D eigenvalue weighted by molar-refractivity contribution is 8.00. The van der Waals surface area contributed by atoms with Crippen LogP contribution >= 0.6 is 23.4 Å². The van der Waals surface area contributed by atoms with Crippen molar-refractivity contribution in [2.24, 2.45) is 14.1 Å². The summed E-state index contributed by atoms with van der Waals surface area (Å²) in [5, 5.41) is 3.72. The number of nitrogens with zero attached hydrogens (tertiary/aromatic N) is 4. The van der Waals surface area contributed by atoms with E-state index in [9.17, 15) is 14.4 Å². The Morgan fingerprint density at radius 1 is 1.16 bits per heavy atom. The van der Waals surface area contributed by atoms with Crippen molar-refractivity contribution in [1.82, 2.24) is 24.4 Å². The van der Waals surface area contributed by atoms with Gasteiger partial charge in [-0.15, -0.1) is 0 Å². The number of rotatable bonds is 6. The zero-order valence-corrected chi connectivity index (χ0v) is 18.7. The van der Waals surface area contributed by atoms with E-state index in [1.165, 1.54) is 24.9 Å². The van der Waals surface area contributed by atoms with Gasteiger partial charge in [0, 0.05) is 24.7 Å². The third-order valence-electron chi connectivity index (χ3n) is 4.73. The third-order valence-corrected chi connectivity index (χ3v) is 5.94. The van der Waals surface area contributed by atoms with Gasteiger partial charge in [-0.25, -0.2) is 14.8 Å². The van der Waals surface area contributed by atoms with E-state index < -0.39 is 11.2 Å². The second-order valence-corrected chi connectivity index (χ2v) is 8.31. The molecule has 3 heterocycles. The van der Waals surface area contributed by atoms with E-state index >= 15 is 0 Å². The van der Waals surface area contributed by atoms with E-state index in [-0.39, 0.29) is 29.2 Å². The van der Waals surface area contributed by atoms with Crippen LogP contribution in [0.25, 0.3) is 22.4 Å². The van der Waals surface area contributed by atoms with Gasteiger partial charge in [0.25, 0.3) is 5.56 Å². The summed E-state index contributed by atoms with van der Waals surface area (Å²) in [7, 11) is 2.92. The summed E-state index contributed by atoms with van der Waals surface area (Å²) in [6.07, 6.45) is 1.53. The number of hydrogen-bond donors (Lipinski definition) is 1. The molecule has 3 aromatic heterocycles. The fraction of sp³-hybridized carbons (Fsp3) is 0.190. The predicted octanol–water partition coefficient (Wildman–Crippen LogP) is 2.35. The van der Waals surface area contributed by atoms with E-state index in [0.717, 1.165) is 16.3 Å². The summed E-state index contributed by atoms with van der Waals surface area (Å²) >= 11 is 7.20. The molecular weight excluding hydrogens is 454 g/mol. The van der Waals surface area contributed by atoms with Crippen LogP contribution in [0.15, 0.2) is 61.7 Å². The van der Waals surface area contributed by atoms with Crippen molar-refractivity contribution in [1.29, 1.82) is 0 Å². The summed E-state index contributed by atoms with van der Waals surface area (Å²) in [5.74, 6) is 0.669. The molecule has 0 fully saturated rings. The molecule has 0 atom stereocenters. The molecule has 32 heavy (non-hydrogen) atoms. The van der Waals surface area contributed by atoms with Crippen LogP contribution in [0.4, 0.5) is 0 Å². The van der Waals surface area contributed by atoms with Crippen molar-refractivity contribution in [3.63, 3.8) is 0 Å². The summed E-state index contributed by atoms with van der Waals surface area (Å²) in [6.45, 7) is 0.251. The van der Waals surface area contributed by atoms with E-state index in [1.54, 1.807) is 36.4 Å². The molecule has 4 rings (SSSR count). The number of benzene rings is 1. The molecule has 9 nitrogen and oxygen atoms in total. The van der Waals surface area contributed by atoms with E-state index in [2.05, 4.69) is 15.3 Å². The van der Waals surface area contributed by atoms with Gasteiger partial charge in [0.1, 0.15) is 16.2 Å². The lowest BCUT2D eigenvalue weighted by Crippen LogP contribution is -2.37. The summed E-state index contributed by atoms with van der Waals surface area (Å²) in [4.78, 5) is 46.7. The van der Waals surface area contributed by atoms with Crippen LogP contribution in [0.2, 0.25) is 5.02 Å². The smallest absolute Gasteiger partial charge is 0.332 e. The lowest BCUT2D eigenvalue weighted by Gasteiger charge is -2.12. The molecule has 4 aromatic rings. The normalized spacial score (nSPS) is 11.1. The highest BCUT2D eigenvalue weighted by Gasteiger charge is 2.19. The van der Waals surface area contributed by atoms with Crippen LogP contribution in [0.5, 0.6) is 0 Å². The number of amides is 1. The Kier molecular flexibility index (Phi) is 6.15. The molecule has 0 saturated heterocycles. The molecule has 0 aliphatic rings. The number of thioether (sulfide) groups is 1. The molecule has 0 aliphatic heterocycles. The molecule has 1 N–H and O–H groups in total.